The van der Waals surface area contributed by atoms with Gasteiger partial charge in [0.15, 0.2) is 5.58 Å². The number of fused-ring (bicyclic) bond motifs is 1. The Kier molecular flexibility index (Phi) is 7.17. The first-order valence-corrected chi connectivity index (χ1v) is 11.1. The zero-order valence-electron chi connectivity index (χ0n) is 17.9. The van der Waals surface area contributed by atoms with Gasteiger partial charge in [-0.15, -0.1) is 0 Å². The predicted octanol–water partition coefficient (Wildman–Crippen LogP) is 5.04. The van der Waals surface area contributed by atoms with E-state index in [9.17, 15) is 9.59 Å². The molecule has 0 aliphatic heterocycles. The molecule has 1 amide bonds. The Hall–Kier alpha value is -3.48. The number of ketones is 1. The van der Waals surface area contributed by atoms with E-state index in [1.807, 2.05) is 60.7 Å². The molecule has 0 saturated heterocycles. The van der Waals surface area contributed by atoms with Crippen molar-refractivity contribution in [3.05, 3.63) is 101 Å². The molecule has 3 aromatic carbocycles. The molecule has 6 nitrogen and oxygen atoms in total. The third-order valence-corrected chi connectivity index (χ3v) is 5.83. The van der Waals surface area contributed by atoms with Gasteiger partial charge in [0, 0.05) is 24.0 Å². The summed E-state index contributed by atoms with van der Waals surface area (Å²) in [5.74, 6) is -0.864. The number of nitrogens with one attached hydrogen (secondary N) is 1. The van der Waals surface area contributed by atoms with Crippen LogP contribution >= 0.6 is 11.6 Å². The molecule has 33 heavy (non-hydrogen) atoms. The van der Waals surface area contributed by atoms with Gasteiger partial charge in [-0.1, -0.05) is 72.3 Å². The molecule has 0 saturated carbocycles. The number of amides is 1. The lowest BCUT2D eigenvalue weighted by molar-refractivity contribution is -0.121. The van der Waals surface area contributed by atoms with E-state index < -0.39 is 12.0 Å². The molecule has 0 bridgehead atoms. The number of benzene rings is 3. The van der Waals surface area contributed by atoms with Crippen LogP contribution in [0.4, 0.5) is 0 Å². The zero-order valence-corrected chi connectivity index (χ0v) is 18.7. The summed E-state index contributed by atoms with van der Waals surface area (Å²) in [7, 11) is 0. The van der Waals surface area contributed by atoms with Crippen molar-refractivity contribution in [2.45, 2.75) is 24.8 Å². The average molecular weight is 462 g/mol. The van der Waals surface area contributed by atoms with Crippen molar-refractivity contribution in [1.29, 1.82) is 0 Å². The van der Waals surface area contributed by atoms with Crippen molar-refractivity contribution >= 4 is 34.4 Å². The van der Waals surface area contributed by atoms with Crippen LogP contribution in [0.2, 0.25) is 5.02 Å². The van der Waals surface area contributed by atoms with Gasteiger partial charge in [-0.05, 0) is 35.7 Å². The largest absolute Gasteiger partial charge is 0.434 e. The van der Waals surface area contributed by atoms with E-state index in [2.05, 4.69) is 10.3 Å². The van der Waals surface area contributed by atoms with Crippen LogP contribution in [0, 0.1) is 0 Å². The third-order valence-electron chi connectivity index (χ3n) is 5.49. The second-order valence-corrected chi connectivity index (χ2v) is 8.19. The standard InChI is InChI=1S/C26H24ClN3O3/c27-20-11-5-4-10-19(20)21(28)16-24(31)29-15-14-18(17-8-2-1-3-9-17)25(32)26-30-22-12-6-7-13-23(22)33-26/h1-13,18,21H,14-16,28H2,(H,29,31). The number of nitrogens with two attached hydrogens (primary N) is 1. The maximum absolute atomic E-state index is 13.3. The number of rotatable bonds is 9. The van der Waals surface area contributed by atoms with Crippen molar-refractivity contribution in [2.75, 3.05) is 6.54 Å². The molecule has 2 unspecified atom stereocenters. The summed E-state index contributed by atoms with van der Waals surface area (Å²) in [5, 5.41) is 3.40. The first-order valence-electron chi connectivity index (χ1n) is 10.7. The van der Waals surface area contributed by atoms with Crippen LogP contribution in [0.15, 0.2) is 83.3 Å². The molecular weight excluding hydrogens is 438 g/mol. The second-order valence-electron chi connectivity index (χ2n) is 7.79. The number of hydrogen-bond donors (Lipinski definition) is 2. The number of carbonyl (C=O) groups is 2. The van der Waals surface area contributed by atoms with Crippen LogP contribution < -0.4 is 11.1 Å². The molecule has 7 heteroatoms. The molecule has 1 heterocycles. The second kappa shape index (κ2) is 10.4. The number of carbonyl (C=O) groups excluding carboxylic acids is 2. The minimum atomic E-state index is -0.509. The highest BCUT2D eigenvalue weighted by Gasteiger charge is 2.26. The molecule has 1 aromatic heterocycles. The van der Waals surface area contributed by atoms with Crippen molar-refractivity contribution in [3.63, 3.8) is 0 Å². The van der Waals surface area contributed by atoms with Crippen LogP contribution in [0.3, 0.4) is 0 Å². The normalized spacial score (nSPS) is 12.9. The first kappa shape index (κ1) is 22.7. The average Bonchev–Trinajstić information content (AvgIpc) is 3.27. The minimum Gasteiger partial charge on any atom is -0.434 e. The summed E-state index contributed by atoms with van der Waals surface area (Å²) in [6.45, 7) is 0.305. The van der Waals surface area contributed by atoms with E-state index in [0.717, 1.165) is 11.1 Å². The molecule has 4 aromatic rings. The number of Topliss-reactive ketones (excluding diaryl/α,β-unsaturated/α-hetero) is 1. The van der Waals surface area contributed by atoms with Gasteiger partial charge in [-0.2, -0.15) is 0 Å². The van der Waals surface area contributed by atoms with Crippen molar-refractivity contribution < 1.29 is 14.0 Å². The summed E-state index contributed by atoms with van der Waals surface area (Å²) in [5.41, 5.74) is 8.92. The number of para-hydroxylation sites is 2. The Morgan fingerprint density at radius 1 is 0.970 bits per heavy atom. The zero-order chi connectivity index (χ0) is 23.2. The van der Waals surface area contributed by atoms with Gasteiger partial charge in [0.05, 0.1) is 5.92 Å². The monoisotopic (exact) mass is 461 g/mol. The minimum absolute atomic E-state index is 0.0668. The summed E-state index contributed by atoms with van der Waals surface area (Å²) >= 11 is 6.17. The fourth-order valence-corrected chi connectivity index (χ4v) is 4.05. The Morgan fingerprint density at radius 3 is 2.42 bits per heavy atom. The summed E-state index contributed by atoms with van der Waals surface area (Å²) in [6.07, 6.45) is 0.494. The van der Waals surface area contributed by atoms with Crippen LogP contribution in [0.5, 0.6) is 0 Å². The molecule has 3 N–H and O–H groups in total. The van der Waals surface area contributed by atoms with Crippen LogP contribution in [-0.4, -0.2) is 23.2 Å². The lowest BCUT2D eigenvalue weighted by Gasteiger charge is -2.16. The smallest absolute Gasteiger partial charge is 0.264 e. The lowest BCUT2D eigenvalue weighted by Crippen LogP contribution is -2.30. The summed E-state index contributed by atoms with van der Waals surface area (Å²) < 4.78 is 5.70. The van der Waals surface area contributed by atoms with Crippen molar-refractivity contribution in [1.82, 2.24) is 10.3 Å². The highest BCUT2D eigenvalue weighted by atomic mass is 35.5. The summed E-state index contributed by atoms with van der Waals surface area (Å²) in [6, 6.07) is 23.4. The Bertz CT molecular complexity index is 1220. The summed E-state index contributed by atoms with van der Waals surface area (Å²) in [4.78, 5) is 30.1. The first-order chi connectivity index (χ1) is 16.0. The van der Waals surface area contributed by atoms with Gasteiger partial charge < -0.3 is 15.5 Å². The Labute approximate surface area is 196 Å². The van der Waals surface area contributed by atoms with Crippen molar-refractivity contribution in [2.24, 2.45) is 5.73 Å². The molecule has 4 rings (SSSR count). The fourth-order valence-electron chi connectivity index (χ4n) is 3.77. The molecule has 0 radical (unpaired) electrons. The molecular formula is C26H24ClN3O3. The fraction of sp³-hybridized carbons (Fsp3) is 0.192. The van der Waals surface area contributed by atoms with Gasteiger partial charge in [0.1, 0.15) is 5.52 Å². The van der Waals surface area contributed by atoms with Gasteiger partial charge in [-0.3, -0.25) is 9.59 Å². The predicted molar refractivity (Wildman–Crippen MR) is 128 cm³/mol. The van der Waals surface area contributed by atoms with Gasteiger partial charge in [-0.25, -0.2) is 4.98 Å². The quantitative estimate of drug-likeness (QED) is 0.340. The van der Waals surface area contributed by atoms with E-state index in [4.69, 9.17) is 21.8 Å². The highest BCUT2D eigenvalue weighted by Crippen LogP contribution is 2.26. The topological polar surface area (TPSA) is 98.2 Å². The van der Waals surface area contributed by atoms with Crippen molar-refractivity contribution in [3.8, 4) is 0 Å². The van der Waals surface area contributed by atoms with Crippen LogP contribution in [0.1, 0.15) is 46.6 Å². The highest BCUT2D eigenvalue weighted by molar-refractivity contribution is 6.31. The SMILES string of the molecule is NC(CC(=O)NCCC(C(=O)c1nc2ccccc2o1)c1ccccc1)c1ccccc1Cl. The van der Waals surface area contributed by atoms with E-state index in [-0.39, 0.29) is 24.0 Å². The van der Waals surface area contributed by atoms with Crippen LogP contribution in [-0.2, 0) is 4.79 Å². The maximum atomic E-state index is 13.3. The lowest BCUT2D eigenvalue weighted by atomic mass is 9.91. The molecule has 168 valence electrons. The van der Waals surface area contributed by atoms with Gasteiger partial charge in [0.25, 0.3) is 5.89 Å². The number of nitrogens with zero attached hydrogens (tertiary/aromatic N) is 1. The van der Waals surface area contributed by atoms with Gasteiger partial charge in [0.2, 0.25) is 11.7 Å². The molecule has 0 spiro atoms. The molecule has 0 aliphatic rings. The number of halogens is 1. The van der Waals surface area contributed by atoms with E-state index in [1.54, 1.807) is 18.2 Å². The number of aromatic nitrogens is 1. The molecule has 2 atom stereocenters. The molecule has 0 fully saturated rings. The third kappa shape index (κ3) is 5.48. The van der Waals surface area contributed by atoms with Crippen LogP contribution in [0.25, 0.3) is 11.1 Å². The van der Waals surface area contributed by atoms with Gasteiger partial charge >= 0.3 is 0 Å². The number of hydrogen-bond acceptors (Lipinski definition) is 5. The number of oxazole rings is 1. The van der Waals surface area contributed by atoms with E-state index in [1.165, 1.54) is 0 Å². The van der Waals surface area contributed by atoms with E-state index >= 15 is 0 Å². The Balaban J connectivity index is 1.42. The Morgan fingerprint density at radius 2 is 1.67 bits per heavy atom. The maximum Gasteiger partial charge on any atom is 0.264 e. The van der Waals surface area contributed by atoms with E-state index in [0.29, 0.717) is 29.1 Å². The molecule has 0 aliphatic carbocycles.